The summed E-state index contributed by atoms with van der Waals surface area (Å²) in [6.07, 6.45) is 0. The summed E-state index contributed by atoms with van der Waals surface area (Å²) in [5, 5.41) is 8.65. The minimum Gasteiger partial charge on any atom is -0.395 e. The normalized spacial score (nSPS) is 12.8. The van der Waals surface area contributed by atoms with Gasteiger partial charge in [0.2, 0.25) is 0 Å². The zero-order valence-corrected chi connectivity index (χ0v) is 7.93. The zero-order valence-electron chi connectivity index (χ0n) is 7.11. The first-order chi connectivity index (χ1) is 6.24. The fourth-order valence-corrected chi connectivity index (χ4v) is 1.69. The van der Waals surface area contributed by atoms with Gasteiger partial charge in [0.05, 0.1) is 6.61 Å². The smallest absolute Gasteiger partial charge is 0.136 e. The van der Waals surface area contributed by atoms with Crippen LogP contribution < -0.4 is 5.73 Å². The molecule has 0 bridgehead atoms. The van der Waals surface area contributed by atoms with Crippen molar-refractivity contribution in [2.24, 2.45) is 5.73 Å². The number of thioether (sulfide) groups is 1. The van der Waals surface area contributed by atoms with Crippen LogP contribution >= 0.6 is 11.8 Å². The maximum atomic E-state index is 13.0. The number of hydrogen-bond donors (Lipinski definition) is 2. The fraction of sp³-hybridized carbons (Fsp3) is 0.333. The molecular weight excluding hydrogens is 189 g/mol. The van der Waals surface area contributed by atoms with Gasteiger partial charge in [0.1, 0.15) is 5.82 Å². The second kappa shape index (κ2) is 5.21. The number of nitrogens with two attached hydrogens (primary N) is 1. The van der Waals surface area contributed by atoms with Crippen molar-refractivity contribution in [1.82, 2.24) is 0 Å². The lowest BCUT2D eigenvalue weighted by Crippen LogP contribution is -2.26. The predicted molar refractivity (Wildman–Crippen MR) is 52.2 cm³/mol. The van der Waals surface area contributed by atoms with Crippen LogP contribution in [0.15, 0.2) is 29.2 Å². The highest BCUT2D eigenvalue weighted by Crippen LogP contribution is 2.21. The number of rotatable bonds is 4. The van der Waals surface area contributed by atoms with Crippen LogP contribution in [0, 0.1) is 5.82 Å². The summed E-state index contributed by atoms with van der Waals surface area (Å²) in [6.45, 7) is -0.0680. The zero-order chi connectivity index (χ0) is 9.68. The second-order valence-corrected chi connectivity index (χ2v) is 3.75. The molecule has 1 atom stereocenters. The molecule has 0 fully saturated rings. The van der Waals surface area contributed by atoms with E-state index in [9.17, 15) is 4.39 Å². The van der Waals surface area contributed by atoms with E-state index in [1.807, 2.05) is 0 Å². The van der Waals surface area contributed by atoms with Crippen LogP contribution in [-0.2, 0) is 0 Å². The Bertz CT molecular complexity index is 270. The maximum absolute atomic E-state index is 13.0. The Kier molecular flexibility index (Phi) is 4.21. The van der Waals surface area contributed by atoms with Crippen molar-refractivity contribution in [3.63, 3.8) is 0 Å². The van der Waals surface area contributed by atoms with Gasteiger partial charge in [-0.1, -0.05) is 12.1 Å². The van der Waals surface area contributed by atoms with Gasteiger partial charge in [-0.3, -0.25) is 0 Å². The van der Waals surface area contributed by atoms with Gasteiger partial charge in [0.15, 0.2) is 0 Å². The lowest BCUT2D eigenvalue weighted by Gasteiger charge is -2.07. The van der Waals surface area contributed by atoms with Crippen molar-refractivity contribution in [2.45, 2.75) is 10.9 Å². The quantitative estimate of drug-likeness (QED) is 0.720. The average Bonchev–Trinajstić information content (AvgIpc) is 2.16. The Morgan fingerprint density at radius 2 is 2.15 bits per heavy atom. The summed E-state index contributed by atoms with van der Waals surface area (Å²) in [5.41, 5.74) is 5.48. The highest BCUT2D eigenvalue weighted by Gasteiger charge is 2.04. The number of aliphatic hydroxyl groups is 1. The van der Waals surface area contributed by atoms with Gasteiger partial charge in [-0.15, -0.1) is 11.8 Å². The summed E-state index contributed by atoms with van der Waals surface area (Å²) in [5.74, 6) is 0.287. The second-order valence-electron chi connectivity index (χ2n) is 2.68. The third-order valence-electron chi connectivity index (χ3n) is 1.52. The molecule has 0 aliphatic heterocycles. The first-order valence-corrected chi connectivity index (χ1v) is 4.96. The summed E-state index contributed by atoms with van der Waals surface area (Å²) in [7, 11) is 0. The van der Waals surface area contributed by atoms with Gasteiger partial charge in [-0.2, -0.15) is 0 Å². The summed E-state index contributed by atoms with van der Waals surface area (Å²) < 4.78 is 13.0. The topological polar surface area (TPSA) is 46.2 Å². The highest BCUT2D eigenvalue weighted by atomic mass is 32.2. The first kappa shape index (κ1) is 10.5. The molecule has 0 radical (unpaired) electrons. The molecule has 4 heteroatoms. The molecule has 3 N–H and O–H groups in total. The molecule has 0 aliphatic rings. The van der Waals surface area contributed by atoms with Crippen LogP contribution in [0.3, 0.4) is 0 Å². The number of hydrogen-bond acceptors (Lipinski definition) is 3. The summed E-state index contributed by atoms with van der Waals surface area (Å²) in [6, 6.07) is 6.24. The molecule has 0 saturated heterocycles. The lowest BCUT2D eigenvalue weighted by molar-refractivity contribution is 0.275. The van der Waals surface area contributed by atoms with Gasteiger partial charge < -0.3 is 10.8 Å². The minimum absolute atomic E-state index is 0.0680. The van der Waals surface area contributed by atoms with Gasteiger partial charge in [0.25, 0.3) is 0 Å². The summed E-state index contributed by atoms with van der Waals surface area (Å²) >= 11 is 1.32. The maximum Gasteiger partial charge on any atom is 0.136 e. The SMILES string of the molecule is NC(CO)CSc1ccccc1F. The Morgan fingerprint density at radius 1 is 1.46 bits per heavy atom. The molecule has 13 heavy (non-hydrogen) atoms. The molecule has 0 amide bonds. The molecule has 1 rings (SSSR count). The molecule has 1 aromatic carbocycles. The van der Waals surface area contributed by atoms with E-state index < -0.39 is 0 Å². The van der Waals surface area contributed by atoms with Crippen LogP contribution in [-0.4, -0.2) is 23.5 Å². The molecule has 72 valence electrons. The van der Waals surface area contributed by atoms with E-state index in [1.165, 1.54) is 17.8 Å². The monoisotopic (exact) mass is 201 g/mol. The lowest BCUT2D eigenvalue weighted by atomic mass is 10.3. The summed E-state index contributed by atoms with van der Waals surface area (Å²) in [4.78, 5) is 0.575. The van der Waals surface area contributed by atoms with E-state index >= 15 is 0 Å². The minimum atomic E-state index is -0.287. The molecule has 0 heterocycles. The van der Waals surface area contributed by atoms with Gasteiger partial charge in [0, 0.05) is 16.7 Å². The van der Waals surface area contributed by atoms with Crippen molar-refractivity contribution in [1.29, 1.82) is 0 Å². The van der Waals surface area contributed by atoms with Gasteiger partial charge in [-0.05, 0) is 12.1 Å². The average molecular weight is 201 g/mol. The van der Waals surface area contributed by atoms with Crippen LogP contribution in [0.25, 0.3) is 0 Å². The van der Waals surface area contributed by atoms with E-state index in [0.717, 1.165) is 0 Å². The predicted octanol–water partition coefficient (Wildman–Crippen LogP) is 1.24. The Balaban J connectivity index is 2.50. The van der Waals surface area contributed by atoms with Crippen molar-refractivity contribution in [3.05, 3.63) is 30.1 Å². The molecule has 0 spiro atoms. The molecule has 0 aliphatic carbocycles. The Hall–Kier alpha value is -0.580. The van der Waals surface area contributed by atoms with E-state index in [0.29, 0.717) is 10.6 Å². The van der Waals surface area contributed by atoms with E-state index in [4.69, 9.17) is 10.8 Å². The van der Waals surface area contributed by atoms with Crippen LogP contribution in [0.5, 0.6) is 0 Å². The van der Waals surface area contributed by atoms with Crippen molar-refractivity contribution in [2.75, 3.05) is 12.4 Å². The van der Waals surface area contributed by atoms with Crippen molar-refractivity contribution in [3.8, 4) is 0 Å². The fourth-order valence-electron chi connectivity index (χ4n) is 0.811. The highest BCUT2D eigenvalue weighted by molar-refractivity contribution is 7.99. The van der Waals surface area contributed by atoms with E-state index in [2.05, 4.69) is 0 Å². The van der Waals surface area contributed by atoms with Crippen LogP contribution in [0.1, 0.15) is 0 Å². The van der Waals surface area contributed by atoms with E-state index in [1.54, 1.807) is 18.2 Å². The molecule has 0 aromatic heterocycles. The van der Waals surface area contributed by atoms with Gasteiger partial charge in [-0.25, -0.2) is 4.39 Å². The van der Waals surface area contributed by atoms with Crippen LogP contribution in [0.2, 0.25) is 0 Å². The first-order valence-electron chi connectivity index (χ1n) is 3.98. The van der Waals surface area contributed by atoms with E-state index in [-0.39, 0.29) is 18.5 Å². The molecule has 0 saturated carbocycles. The largest absolute Gasteiger partial charge is 0.395 e. The molecule has 1 unspecified atom stereocenters. The molecule has 1 aromatic rings. The van der Waals surface area contributed by atoms with Crippen LogP contribution in [0.4, 0.5) is 4.39 Å². The van der Waals surface area contributed by atoms with Crippen molar-refractivity contribution >= 4 is 11.8 Å². The third kappa shape index (κ3) is 3.34. The number of benzene rings is 1. The van der Waals surface area contributed by atoms with Gasteiger partial charge >= 0.3 is 0 Å². The standard InChI is InChI=1S/C9H12FNOS/c10-8-3-1-2-4-9(8)13-6-7(11)5-12/h1-4,7,12H,5-6,11H2. The Morgan fingerprint density at radius 3 is 2.77 bits per heavy atom. The molecular formula is C9H12FNOS. The Labute approximate surface area is 80.9 Å². The number of aliphatic hydroxyl groups excluding tert-OH is 1. The molecule has 2 nitrogen and oxygen atoms in total. The third-order valence-corrected chi connectivity index (χ3v) is 2.76. The number of halogens is 1. The van der Waals surface area contributed by atoms with Crippen molar-refractivity contribution < 1.29 is 9.50 Å².